The first-order chi connectivity index (χ1) is 12.4. The molecule has 0 heterocycles. The van der Waals surface area contributed by atoms with E-state index in [-0.39, 0.29) is 24.6 Å². The highest BCUT2D eigenvalue weighted by atomic mass is 32.2. The van der Waals surface area contributed by atoms with Crippen LogP contribution in [-0.4, -0.2) is 40.1 Å². The highest BCUT2D eigenvalue weighted by Crippen LogP contribution is 2.25. The normalized spacial score (nSPS) is 11.3. The lowest BCUT2D eigenvalue weighted by atomic mass is 10.2. The molecule has 138 valence electrons. The summed E-state index contributed by atoms with van der Waals surface area (Å²) >= 11 is 0. The summed E-state index contributed by atoms with van der Waals surface area (Å²) in [6.45, 7) is 0.179. The maximum absolute atomic E-state index is 13.6. The lowest BCUT2D eigenvalue weighted by molar-refractivity contribution is 0.177. The van der Waals surface area contributed by atoms with Gasteiger partial charge in [-0.2, -0.15) is 9.57 Å². The van der Waals surface area contributed by atoms with Crippen LogP contribution in [0, 0.1) is 17.1 Å². The van der Waals surface area contributed by atoms with Crippen LogP contribution < -0.4 is 4.74 Å². The van der Waals surface area contributed by atoms with Gasteiger partial charge in [-0.05, 0) is 42.5 Å². The Morgan fingerprint density at radius 1 is 1.15 bits per heavy atom. The van der Waals surface area contributed by atoms with Crippen molar-refractivity contribution in [2.24, 2.45) is 0 Å². The highest BCUT2D eigenvalue weighted by Gasteiger charge is 2.25. The molecule has 0 saturated carbocycles. The summed E-state index contributed by atoms with van der Waals surface area (Å²) in [6.07, 6.45) is 0. The van der Waals surface area contributed by atoms with Gasteiger partial charge in [-0.1, -0.05) is 0 Å². The molecule has 0 unspecified atom stereocenters. The zero-order valence-corrected chi connectivity index (χ0v) is 15.3. The van der Waals surface area contributed by atoms with Crippen molar-refractivity contribution in [2.45, 2.75) is 11.4 Å². The Labute approximate surface area is 152 Å². The molecule has 0 amide bonds. The molecule has 0 atom stereocenters. The number of halogens is 1. The molecule has 0 aliphatic heterocycles. The summed E-state index contributed by atoms with van der Waals surface area (Å²) in [7, 11) is -0.965. The van der Waals surface area contributed by atoms with Crippen molar-refractivity contribution in [1.29, 1.82) is 5.26 Å². The fourth-order valence-corrected chi connectivity index (χ4v) is 3.79. The van der Waals surface area contributed by atoms with Gasteiger partial charge in [-0.3, -0.25) is 0 Å². The molecule has 2 aromatic carbocycles. The predicted octanol–water partition coefficient (Wildman–Crippen LogP) is 2.54. The summed E-state index contributed by atoms with van der Waals surface area (Å²) in [5.74, 6) is -0.0906. The SMILES string of the molecule is COCCN(Cc1cc(F)ccc1OC)S(=O)(=O)c1ccc(C#N)cc1. The van der Waals surface area contributed by atoms with E-state index in [2.05, 4.69) is 0 Å². The van der Waals surface area contributed by atoms with E-state index < -0.39 is 15.8 Å². The Kier molecular flexibility index (Phi) is 6.69. The quantitative estimate of drug-likeness (QED) is 0.705. The Bertz CT molecular complexity index is 892. The number of benzene rings is 2. The number of ether oxygens (including phenoxy) is 2. The van der Waals surface area contributed by atoms with Crippen molar-refractivity contribution in [2.75, 3.05) is 27.4 Å². The van der Waals surface area contributed by atoms with Crippen LogP contribution in [0.15, 0.2) is 47.4 Å². The second kappa shape index (κ2) is 8.76. The molecule has 0 aliphatic carbocycles. The van der Waals surface area contributed by atoms with Crippen LogP contribution in [0.5, 0.6) is 5.75 Å². The van der Waals surface area contributed by atoms with E-state index >= 15 is 0 Å². The molecule has 2 aromatic rings. The molecule has 0 saturated heterocycles. The molecule has 2 rings (SSSR count). The van der Waals surface area contributed by atoms with Gasteiger partial charge >= 0.3 is 0 Å². The summed E-state index contributed by atoms with van der Waals surface area (Å²) in [4.78, 5) is 0.0444. The van der Waals surface area contributed by atoms with Gasteiger partial charge < -0.3 is 9.47 Å². The molecular formula is C18H19FN2O4S. The van der Waals surface area contributed by atoms with Crippen LogP contribution in [-0.2, 0) is 21.3 Å². The Morgan fingerprint density at radius 3 is 2.42 bits per heavy atom. The third-order valence-electron chi connectivity index (χ3n) is 3.76. The van der Waals surface area contributed by atoms with E-state index in [1.54, 1.807) is 0 Å². The molecule has 0 N–H and O–H groups in total. The second-order valence-corrected chi connectivity index (χ2v) is 7.36. The molecular weight excluding hydrogens is 359 g/mol. The van der Waals surface area contributed by atoms with Gasteiger partial charge in [0.25, 0.3) is 0 Å². The highest BCUT2D eigenvalue weighted by molar-refractivity contribution is 7.89. The monoisotopic (exact) mass is 378 g/mol. The van der Waals surface area contributed by atoms with E-state index in [0.29, 0.717) is 16.9 Å². The lowest BCUT2D eigenvalue weighted by Gasteiger charge is -2.23. The van der Waals surface area contributed by atoms with Gasteiger partial charge in [0.15, 0.2) is 0 Å². The zero-order valence-electron chi connectivity index (χ0n) is 14.5. The van der Waals surface area contributed by atoms with Crippen molar-refractivity contribution < 1.29 is 22.3 Å². The summed E-state index contributed by atoms with van der Waals surface area (Å²) in [6, 6.07) is 11.5. The van der Waals surface area contributed by atoms with Crippen molar-refractivity contribution in [3.63, 3.8) is 0 Å². The molecule has 0 aromatic heterocycles. The molecule has 0 spiro atoms. The molecule has 8 heteroatoms. The molecule has 6 nitrogen and oxygen atoms in total. The number of hydrogen-bond donors (Lipinski definition) is 0. The number of nitriles is 1. The Hall–Kier alpha value is -2.47. The number of nitrogens with zero attached hydrogens (tertiary/aromatic N) is 2. The van der Waals surface area contributed by atoms with Crippen LogP contribution in [0.4, 0.5) is 4.39 Å². The summed E-state index contributed by atoms with van der Waals surface area (Å²) in [5, 5.41) is 8.86. The molecule has 0 aliphatic rings. The van der Waals surface area contributed by atoms with Gasteiger partial charge in [0.1, 0.15) is 11.6 Å². The molecule has 0 fully saturated rings. The molecule has 26 heavy (non-hydrogen) atoms. The van der Waals surface area contributed by atoms with E-state index in [4.69, 9.17) is 14.7 Å². The summed E-state index contributed by atoms with van der Waals surface area (Å²) < 4.78 is 51.0. The average Bonchev–Trinajstić information content (AvgIpc) is 2.65. The predicted molar refractivity (Wildman–Crippen MR) is 93.6 cm³/mol. The standard InChI is InChI=1S/C18H19FN2O4S/c1-24-10-9-21(13-15-11-16(19)5-8-18(15)25-2)26(22,23)17-6-3-14(12-20)4-7-17/h3-8,11H,9-10,13H2,1-2H3. The first-order valence-electron chi connectivity index (χ1n) is 7.74. The van der Waals surface area contributed by atoms with E-state index in [0.717, 1.165) is 0 Å². The van der Waals surface area contributed by atoms with Crippen LogP contribution >= 0.6 is 0 Å². The van der Waals surface area contributed by atoms with Gasteiger partial charge in [0.2, 0.25) is 10.0 Å². The van der Waals surface area contributed by atoms with E-state index in [1.807, 2.05) is 6.07 Å². The minimum absolute atomic E-state index is 0.0444. The third-order valence-corrected chi connectivity index (χ3v) is 5.61. The van der Waals surface area contributed by atoms with Crippen molar-refractivity contribution >= 4 is 10.0 Å². The van der Waals surface area contributed by atoms with Gasteiger partial charge in [0, 0.05) is 25.8 Å². The first-order valence-corrected chi connectivity index (χ1v) is 9.18. The Balaban J connectivity index is 2.39. The largest absolute Gasteiger partial charge is 0.496 e. The second-order valence-electron chi connectivity index (χ2n) is 5.42. The first kappa shape index (κ1) is 19.8. The number of hydrogen-bond acceptors (Lipinski definition) is 5. The van der Waals surface area contributed by atoms with Crippen LogP contribution in [0.3, 0.4) is 0 Å². The topological polar surface area (TPSA) is 79.6 Å². The van der Waals surface area contributed by atoms with Gasteiger partial charge in [0.05, 0.1) is 30.2 Å². The van der Waals surface area contributed by atoms with Crippen molar-refractivity contribution in [3.8, 4) is 11.8 Å². The third kappa shape index (κ3) is 4.58. The lowest BCUT2D eigenvalue weighted by Crippen LogP contribution is -2.33. The maximum atomic E-state index is 13.6. The van der Waals surface area contributed by atoms with Crippen LogP contribution in [0.1, 0.15) is 11.1 Å². The minimum Gasteiger partial charge on any atom is -0.496 e. The average molecular weight is 378 g/mol. The number of methoxy groups -OCH3 is 2. The molecule has 0 bridgehead atoms. The van der Waals surface area contributed by atoms with E-state index in [1.165, 1.54) is 61.0 Å². The fourth-order valence-electron chi connectivity index (χ4n) is 2.39. The summed E-state index contributed by atoms with van der Waals surface area (Å²) in [5.41, 5.74) is 0.764. The molecule has 0 radical (unpaired) electrons. The van der Waals surface area contributed by atoms with Crippen LogP contribution in [0.25, 0.3) is 0 Å². The minimum atomic E-state index is -3.87. The van der Waals surface area contributed by atoms with Gasteiger partial charge in [-0.15, -0.1) is 0 Å². The smallest absolute Gasteiger partial charge is 0.243 e. The van der Waals surface area contributed by atoms with Crippen molar-refractivity contribution in [1.82, 2.24) is 4.31 Å². The van der Waals surface area contributed by atoms with E-state index in [9.17, 15) is 12.8 Å². The maximum Gasteiger partial charge on any atom is 0.243 e. The fraction of sp³-hybridized carbons (Fsp3) is 0.278. The zero-order chi connectivity index (χ0) is 19.2. The van der Waals surface area contributed by atoms with Crippen LogP contribution in [0.2, 0.25) is 0 Å². The number of rotatable bonds is 8. The number of sulfonamides is 1. The van der Waals surface area contributed by atoms with Crippen molar-refractivity contribution in [3.05, 3.63) is 59.4 Å². The Morgan fingerprint density at radius 2 is 1.85 bits per heavy atom. The van der Waals surface area contributed by atoms with Gasteiger partial charge in [-0.25, -0.2) is 12.8 Å².